The van der Waals surface area contributed by atoms with Gasteiger partial charge in [-0.1, -0.05) is 0 Å². The molecule has 0 radical (unpaired) electrons. The predicted molar refractivity (Wildman–Crippen MR) is 61.1 cm³/mol. The molecule has 0 aromatic carbocycles. The Balaban J connectivity index is 2.86. The first kappa shape index (κ1) is 13.2. The molecule has 0 amide bonds. The molecule has 1 aliphatic carbocycles. The Morgan fingerprint density at radius 3 is 2.33 bits per heavy atom. The first-order valence-corrected chi connectivity index (χ1v) is 6.26. The smallest absolute Gasteiger partial charge is 0.206 e. The molecule has 1 unspecified atom stereocenters. The number of ketones is 1. The minimum atomic E-state index is -2.58. The molecule has 0 aliphatic heterocycles. The van der Waals surface area contributed by atoms with Gasteiger partial charge in [0.1, 0.15) is 0 Å². The number of hydrogen-bond donors (Lipinski definition) is 1. The summed E-state index contributed by atoms with van der Waals surface area (Å²) in [6.07, 6.45) is 2.41. The van der Waals surface area contributed by atoms with E-state index in [1.54, 1.807) is 0 Å². The molecular weight excluding hydrogens is 354 g/mol. The van der Waals surface area contributed by atoms with Crippen LogP contribution >= 0.6 is 31.9 Å². The lowest BCUT2D eigenvalue weighted by Crippen LogP contribution is -2.32. The third kappa shape index (κ3) is 3.58. The molecule has 0 heterocycles. The molecule has 0 aromatic heterocycles. The van der Waals surface area contributed by atoms with Gasteiger partial charge in [0.05, 0.1) is 14.6 Å². The number of aliphatic hydroxyl groups is 1. The third-order valence-corrected chi connectivity index (χ3v) is 3.13. The summed E-state index contributed by atoms with van der Waals surface area (Å²) in [6, 6.07) is 0. The minimum absolute atomic E-state index is 0.159. The van der Waals surface area contributed by atoms with Crippen LogP contribution in [0, 0.1) is 0 Å². The average molecular weight is 359 g/mol. The number of nitrogens with zero attached hydrogens (tertiary/aromatic N) is 1. The number of Topliss-reactive ketones (excluding diaryl/α,β-unsaturated/α-hetero) is 1. The summed E-state index contributed by atoms with van der Waals surface area (Å²) in [7, 11) is 0. The van der Waals surface area contributed by atoms with E-state index in [1.807, 2.05) is 0 Å². The van der Waals surface area contributed by atoms with E-state index in [0.717, 1.165) is 0 Å². The highest BCUT2D eigenvalue weighted by molar-refractivity contribution is 9.13. The Kier molecular flexibility index (Phi) is 4.38. The van der Waals surface area contributed by atoms with Crippen LogP contribution in [0.15, 0.2) is 21.1 Å². The number of halogens is 2. The Morgan fingerprint density at radius 1 is 1.47 bits per heavy atom. The van der Waals surface area contributed by atoms with Gasteiger partial charge in [0.15, 0.2) is 0 Å². The van der Waals surface area contributed by atoms with Gasteiger partial charge in [-0.05, 0) is 44.0 Å². The molecule has 1 aliphatic rings. The van der Waals surface area contributed by atoms with Crippen molar-refractivity contribution in [1.82, 2.24) is 0 Å². The Morgan fingerprint density at radius 2 is 1.93 bits per heavy atom. The molecule has 84 valence electrons. The molecule has 0 saturated carbocycles. The molecule has 0 fully saturated rings. The van der Waals surface area contributed by atoms with Crippen molar-refractivity contribution in [2.75, 3.05) is 6.54 Å². The lowest BCUT2D eigenvalue weighted by Gasteiger charge is -2.34. The molecule has 15 heavy (non-hydrogen) atoms. The van der Waals surface area contributed by atoms with E-state index < -0.39 is 16.9 Å². The maximum absolute atomic E-state index is 11.3. The van der Waals surface area contributed by atoms with Crippen molar-refractivity contribution in [3.8, 4) is 0 Å². The van der Waals surface area contributed by atoms with Gasteiger partial charge < -0.3 is 14.4 Å². The van der Waals surface area contributed by atoms with Crippen LogP contribution in [0.2, 0.25) is 0 Å². The zero-order valence-corrected chi connectivity index (χ0v) is 11.1. The zero-order chi connectivity index (χ0) is 11.6. The summed E-state index contributed by atoms with van der Waals surface area (Å²) in [4.78, 5) is 11.3. The van der Waals surface area contributed by atoms with Gasteiger partial charge in [0.2, 0.25) is 5.78 Å². The quantitative estimate of drug-likeness (QED) is 0.762. The molecule has 0 saturated heterocycles. The Bertz CT molecular complexity index is 357. The number of carbonyl (C=O) groups is 1. The van der Waals surface area contributed by atoms with Gasteiger partial charge in [0, 0.05) is 0 Å². The standard InChI is InChI=1S/C7H6Br2NO4S/c8-4-1-7(12,3-10-15(13)14)2-5(9)6(4)11/h1-2,12H,3H2,(H,13,14)/q-1/p-1. The van der Waals surface area contributed by atoms with Crippen molar-refractivity contribution < 1.29 is 18.7 Å². The van der Waals surface area contributed by atoms with Crippen LogP contribution in [0.4, 0.5) is 0 Å². The van der Waals surface area contributed by atoms with Crippen molar-refractivity contribution in [3.05, 3.63) is 25.8 Å². The highest BCUT2D eigenvalue weighted by atomic mass is 79.9. The van der Waals surface area contributed by atoms with Gasteiger partial charge in [-0.25, -0.2) is 0 Å². The molecule has 0 aromatic rings. The molecule has 1 N–H and O–H groups in total. The first-order chi connectivity index (χ1) is 6.84. The second kappa shape index (κ2) is 4.98. The largest absolute Gasteiger partial charge is 0.789 e. The van der Waals surface area contributed by atoms with Crippen LogP contribution in [0.25, 0.3) is 4.72 Å². The van der Waals surface area contributed by atoms with E-state index in [9.17, 15) is 18.7 Å². The maximum Gasteiger partial charge on any atom is 0.206 e. The van der Waals surface area contributed by atoms with E-state index in [-0.39, 0.29) is 21.3 Å². The Labute approximate surface area is 105 Å². The van der Waals surface area contributed by atoms with E-state index in [4.69, 9.17) is 0 Å². The van der Waals surface area contributed by atoms with Crippen molar-refractivity contribution in [3.63, 3.8) is 0 Å². The van der Waals surface area contributed by atoms with Crippen LogP contribution in [-0.4, -0.2) is 31.8 Å². The van der Waals surface area contributed by atoms with Gasteiger partial charge in [-0.15, -0.1) is 6.54 Å². The fourth-order valence-electron chi connectivity index (χ4n) is 0.973. The summed E-state index contributed by atoms with van der Waals surface area (Å²) < 4.78 is 23.9. The molecule has 5 nitrogen and oxygen atoms in total. The predicted octanol–water partition coefficient (Wildman–Crippen LogP) is 1.03. The van der Waals surface area contributed by atoms with Crippen LogP contribution in [0.1, 0.15) is 0 Å². The van der Waals surface area contributed by atoms with Crippen LogP contribution in [-0.2, 0) is 16.1 Å². The summed E-state index contributed by atoms with van der Waals surface area (Å²) in [5.74, 6) is -0.317. The monoisotopic (exact) mass is 357 g/mol. The lowest BCUT2D eigenvalue weighted by atomic mass is 9.98. The van der Waals surface area contributed by atoms with Crippen LogP contribution in [0.5, 0.6) is 0 Å². The molecule has 1 atom stereocenters. The van der Waals surface area contributed by atoms with E-state index in [0.29, 0.717) is 0 Å². The highest BCUT2D eigenvalue weighted by Gasteiger charge is 2.27. The summed E-state index contributed by atoms with van der Waals surface area (Å²) in [6.45, 7) is -0.361. The van der Waals surface area contributed by atoms with Crippen molar-refractivity contribution >= 4 is 48.9 Å². The topological polar surface area (TPSA) is 91.5 Å². The van der Waals surface area contributed by atoms with Gasteiger partial charge in [-0.2, -0.15) is 11.3 Å². The minimum Gasteiger partial charge on any atom is -0.789 e. The molecule has 8 heteroatoms. The SMILES string of the molecule is O=C1C(Br)=CC(O)(C[N-]S(=O)[O-])C=C1Br. The number of allylic oxidation sites excluding steroid dienone is 2. The second-order valence-corrected chi connectivity index (χ2v) is 5.21. The average Bonchev–Trinajstić information content (AvgIpc) is 2.11. The van der Waals surface area contributed by atoms with Gasteiger partial charge in [0.25, 0.3) is 0 Å². The zero-order valence-electron chi connectivity index (χ0n) is 7.15. The molecule has 0 bridgehead atoms. The van der Waals surface area contributed by atoms with Gasteiger partial charge >= 0.3 is 0 Å². The molecule has 0 spiro atoms. The first-order valence-electron chi connectivity index (χ1n) is 3.65. The van der Waals surface area contributed by atoms with Crippen LogP contribution in [0.3, 0.4) is 0 Å². The second-order valence-electron chi connectivity index (χ2n) is 2.81. The van der Waals surface area contributed by atoms with E-state index in [2.05, 4.69) is 36.6 Å². The molecular formula is C7H5Br2NO4S-2. The van der Waals surface area contributed by atoms with Crippen molar-refractivity contribution in [1.29, 1.82) is 0 Å². The number of carbonyl (C=O) groups excluding carboxylic acids is 1. The summed E-state index contributed by atoms with van der Waals surface area (Å²) in [5, 5.41) is 9.85. The van der Waals surface area contributed by atoms with Crippen molar-refractivity contribution in [2.45, 2.75) is 5.60 Å². The third-order valence-electron chi connectivity index (χ3n) is 1.61. The fourth-order valence-corrected chi connectivity index (χ4v) is 2.77. The van der Waals surface area contributed by atoms with Crippen LogP contribution < -0.4 is 0 Å². The number of rotatable bonds is 3. The normalized spacial score (nSPS) is 22.0. The molecule has 1 rings (SSSR count). The van der Waals surface area contributed by atoms with E-state index >= 15 is 0 Å². The lowest BCUT2D eigenvalue weighted by molar-refractivity contribution is -0.111. The Hall–Kier alpha value is 0.140. The van der Waals surface area contributed by atoms with Gasteiger partial charge in [-0.3, -0.25) is 9.00 Å². The maximum atomic E-state index is 11.3. The highest BCUT2D eigenvalue weighted by Crippen LogP contribution is 2.30. The van der Waals surface area contributed by atoms with E-state index in [1.165, 1.54) is 12.2 Å². The summed E-state index contributed by atoms with van der Waals surface area (Å²) >= 11 is 3.34. The van der Waals surface area contributed by atoms with Crippen molar-refractivity contribution in [2.24, 2.45) is 0 Å². The number of hydrogen-bond acceptors (Lipinski definition) is 4. The summed E-state index contributed by atoms with van der Waals surface area (Å²) in [5.41, 5.74) is -1.56. The fraction of sp³-hybridized carbons (Fsp3) is 0.286.